The van der Waals surface area contributed by atoms with Gasteiger partial charge in [-0.2, -0.15) is 0 Å². The molecular weight excluding hydrogens is 456 g/mol. The minimum atomic E-state index is -0.941. The summed E-state index contributed by atoms with van der Waals surface area (Å²) in [7, 11) is 1.29. The van der Waals surface area contributed by atoms with Crippen LogP contribution in [0, 0.1) is 6.92 Å². The first-order valence-corrected chi connectivity index (χ1v) is 11.5. The van der Waals surface area contributed by atoms with Crippen LogP contribution in [0.2, 0.25) is 0 Å². The molecule has 3 aromatic carbocycles. The van der Waals surface area contributed by atoms with Crippen molar-refractivity contribution < 1.29 is 23.9 Å². The van der Waals surface area contributed by atoms with E-state index in [1.165, 1.54) is 7.11 Å². The average Bonchev–Trinajstić information content (AvgIpc) is 2.92. The first-order valence-electron chi connectivity index (χ1n) is 11.5. The number of benzene rings is 3. The smallest absolute Gasteiger partial charge is 0.340 e. The van der Waals surface area contributed by atoms with E-state index < -0.39 is 18.0 Å². The number of pyridine rings is 1. The molecule has 0 radical (unpaired) electrons. The lowest BCUT2D eigenvalue weighted by Gasteiger charge is -2.19. The predicted octanol–water partition coefficient (Wildman–Crippen LogP) is 4.41. The number of carbonyl (C=O) groups excluding carboxylic acids is 3. The summed E-state index contributed by atoms with van der Waals surface area (Å²) in [6.45, 7) is 1.56. The number of nitrogens with zero attached hydrogens (tertiary/aromatic N) is 1. The average molecular weight is 483 g/mol. The summed E-state index contributed by atoms with van der Waals surface area (Å²) in [4.78, 5) is 43.1. The van der Waals surface area contributed by atoms with Gasteiger partial charge in [-0.15, -0.1) is 0 Å². The SMILES string of the molecule is COC(=O)c1c(COC(=O)C(Cc2ccccc2)NC(=O)c2ccccc2)nc2ccccc2c1C. The van der Waals surface area contributed by atoms with E-state index >= 15 is 0 Å². The van der Waals surface area contributed by atoms with Crippen LogP contribution in [0.4, 0.5) is 0 Å². The number of para-hydroxylation sites is 1. The van der Waals surface area contributed by atoms with Crippen LogP contribution < -0.4 is 5.32 Å². The Balaban J connectivity index is 1.59. The molecule has 1 atom stereocenters. The number of methoxy groups -OCH3 is 1. The molecule has 1 aromatic heterocycles. The van der Waals surface area contributed by atoms with Crippen LogP contribution in [-0.2, 0) is 27.3 Å². The molecule has 0 aliphatic carbocycles. The first-order chi connectivity index (χ1) is 17.5. The number of hydrogen-bond donors (Lipinski definition) is 1. The highest BCUT2D eigenvalue weighted by molar-refractivity contribution is 5.98. The van der Waals surface area contributed by atoms with Crippen LogP contribution in [0.15, 0.2) is 84.9 Å². The van der Waals surface area contributed by atoms with Gasteiger partial charge in [0.15, 0.2) is 0 Å². The molecule has 0 fully saturated rings. The Morgan fingerprint density at radius 2 is 1.53 bits per heavy atom. The van der Waals surface area contributed by atoms with Crippen LogP contribution in [-0.4, -0.2) is 36.0 Å². The summed E-state index contributed by atoms with van der Waals surface area (Å²) >= 11 is 0. The monoisotopic (exact) mass is 482 g/mol. The lowest BCUT2D eigenvalue weighted by molar-refractivity contribution is -0.147. The number of aromatic nitrogens is 1. The Bertz CT molecular complexity index is 1390. The molecule has 7 nitrogen and oxygen atoms in total. The van der Waals surface area contributed by atoms with Crippen molar-refractivity contribution in [3.63, 3.8) is 0 Å². The second kappa shape index (κ2) is 11.3. The van der Waals surface area contributed by atoms with Crippen molar-refractivity contribution in [3.8, 4) is 0 Å². The molecule has 7 heteroatoms. The number of aryl methyl sites for hydroxylation is 1. The number of amides is 1. The molecule has 0 saturated carbocycles. The third-order valence-corrected chi connectivity index (χ3v) is 5.88. The molecule has 1 N–H and O–H groups in total. The van der Waals surface area contributed by atoms with Crippen LogP contribution in [0.25, 0.3) is 10.9 Å². The zero-order valence-electron chi connectivity index (χ0n) is 20.1. The molecule has 0 aliphatic heterocycles. The Kier molecular flexibility index (Phi) is 7.70. The lowest BCUT2D eigenvalue weighted by Crippen LogP contribution is -2.43. The minimum Gasteiger partial charge on any atom is -0.465 e. The Morgan fingerprint density at radius 3 is 2.22 bits per heavy atom. The fraction of sp³-hybridized carbons (Fsp3) is 0.172. The van der Waals surface area contributed by atoms with Gasteiger partial charge in [0, 0.05) is 17.4 Å². The van der Waals surface area contributed by atoms with E-state index in [4.69, 9.17) is 9.47 Å². The predicted molar refractivity (Wildman–Crippen MR) is 135 cm³/mol. The summed E-state index contributed by atoms with van der Waals surface area (Å²) in [6, 6.07) is 24.5. The highest BCUT2D eigenvalue weighted by Gasteiger charge is 2.26. The number of hydrogen-bond acceptors (Lipinski definition) is 6. The molecule has 0 saturated heterocycles. The van der Waals surface area contributed by atoms with Gasteiger partial charge in [0.1, 0.15) is 12.6 Å². The minimum absolute atomic E-state index is 0.242. The summed E-state index contributed by atoms with van der Waals surface area (Å²) < 4.78 is 10.6. The Labute approximate surface area is 209 Å². The molecular formula is C29H26N2O5. The quantitative estimate of drug-likeness (QED) is 0.374. The topological polar surface area (TPSA) is 94.6 Å². The molecule has 0 bridgehead atoms. The maximum atomic E-state index is 13.2. The third-order valence-electron chi connectivity index (χ3n) is 5.88. The molecule has 0 spiro atoms. The van der Waals surface area contributed by atoms with Crippen molar-refractivity contribution in [1.82, 2.24) is 10.3 Å². The highest BCUT2D eigenvalue weighted by atomic mass is 16.5. The fourth-order valence-corrected chi connectivity index (χ4v) is 4.03. The number of esters is 2. The van der Waals surface area contributed by atoms with Crippen molar-refractivity contribution in [1.29, 1.82) is 0 Å². The molecule has 36 heavy (non-hydrogen) atoms. The zero-order chi connectivity index (χ0) is 25.5. The van der Waals surface area contributed by atoms with Crippen molar-refractivity contribution in [2.24, 2.45) is 0 Å². The van der Waals surface area contributed by atoms with E-state index in [0.717, 1.165) is 10.9 Å². The molecule has 1 amide bonds. The highest BCUT2D eigenvalue weighted by Crippen LogP contribution is 2.24. The van der Waals surface area contributed by atoms with Crippen molar-refractivity contribution in [3.05, 3.63) is 113 Å². The second-order valence-corrected chi connectivity index (χ2v) is 8.26. The number of rotatable bonds is 8. The van der Waals surface area contributed by atoms with Gasteiger partial charge in [-0.05, 0) is 36.2 Å². The Hall–Kier alpha value is -4.52. The van der Waals surface area contributed by atoms with Gasteiger partial charge in [0.05, 0.1) is 23.9 Å². The van der Waals surface area contributed by atoms with E-state index in [0.29, 0.717) is 22.3 Å². The molecule has 1 unspecified atom stereocenters. The number of carbonyl (C=O) groups is 3. The zero-order valence-corrected chi connectivity index (χ0v) is 20.1. The molecule has 4 aromatic rings. The van der Waals surface area contributed by atoms with E-state index in [2.05, 4.69) is 10.3 Å². The van der Waals surface area contributed by atoms with Gasteiger partial charge < -0.3 is 14.8 Å². The van der Waals surface area contributed by atoms with Gasteiger partial charge in [-0.25, -0.2) is 14.6 Å². The summed E-state index contributed by atoms with van der Waals surface area (Å²) in [5.41, 5.74) is 3.21. The van der Waals surface area contributed by atoms with Crippen LogP contribution in [0.1, 0.15) is 37.5 Å². The van der Waals surface area contributed by atoms with Crippen molar-refractivity contribution >= 4 is 28.7 Å². The number of nitrogens with one attached hydrogen (secondary N) is 1. The second-order valence-electron chi connectivity index (χ2n) is 8.26. The number of fused-ring (bicyclic) bond motifs is 1. The summed E-state index contributed by atoms with van der Waals surface area (Å²) in [6.07, 6.45) is 0.242. The molecule has 182 valence electrons. The third kappa shape index (κ3) is 5.58. The summed E-state index contributed by atoms with van der Waals surface area (Å²) in [5, 5.41) is 3.59. The summed E-state index contributed by atoms with van der Waals surface area (Å²) in [5.74, 6) is -1.58. The first kappa shape index (κ1) is 24.6. The standard InChI is InChI=1S/C29H26N2O5/c1-19-22-15-9-10-16-23(22)30-25(26(19)29(34)35-2)18-36-28(33)24(17-20-11-5-3-6-12-20)31-27(32)21-13-7-4-8-14-21/h3-16,24H,17-18H2,1-2H3,(H,31,32). The van der Waals surface area contributed by atoms with Crippen molar-refractivity contribution in [2.45, 2.75) is 26.0 Å². The van der Waals surface area contributed by atoms with Gasteiger partial charge in [-0.1, -0.05) is 66.7 Å². The maximum Gasteiger partial charge on any atom is 0.340 e. The van der Waals surface area contributed by atoms with Crippen molar-refractivity contribution in [2.75, 3.05) is 7.11 Å². The fourth-order valence-electron chi connectivity index (χ4n) is 4.03. The normalized spacial score (nSPS) is 11.5. The number of ether oxygens (including phenoxy) is 2. The van der Waals surface area contributed by atoms with E-state index in [1.807, 2.05) is 60.7 Å². The van der Waals surface area contributed by atoms with Gasteiger partial charge in [-0.3, -0.25) is 4.79 Å². The van der Waals surface area contributed by atoms with Crippen LogP contribution >= 0.6 is 0 Å². The molecule has 0 aliphatic rings. The lowest BCUT2D eigenvalue weighted by atomic mass is 10.0. The molecule has 1 heterocycles. The van der Waals surface area contributed by atoms with Gasteiger partial charge >= 0.3 is 11.9 Å². The largest absolute Gasteiger partial charge is 0.465 e. The van der Waals surface area contributed by atoms with Crippen LogP contribution in [0.5, 0.6) is 0 Å². The van der Waals surface area contributed by atoms with Gasteiger partial charge in [0.25, 0.3) is 5.91 Å². The van der Waals surface area contributed by atoms with E-state index in [9.17, 15) is 14.4 Å². The van der Waals surface area contributed by atoms with Crippen LogP contribution in [0.3, 0.4) is 0 Å². The van der Waals surface area contributed by atoms with E-state index in [1.54, 1.807) is 31.2 Å². The Morgan fingerprint density at radius 1 is 0.889 bits per heavy atom. The maximum absolute atomic E-state index is 13.2. The van der Waals surface area contributed by atoms with Gasteiger partial charge in [0.2, 0.25) is 0 Å². The molecule has 4 rings (SSSR count). The van der Waals surface area contributed by atoms with E-state index in [-0.39, 0.29) is 24.5 Å².